The Hall–Kier alpha value is -1.53. The van der Waals surface area contributed by atoms with Crippen LogP contribution in [0.3, 0.4) is 0 Å². The van der Waals surface area contributed by atoms with Crippen LogP contribution in [0.2, 0.25) is 0 Å². The van der Waals surface area contributed by atoms with Gasteiger partial charge in [0.05, 0.1) is 7.11 Å². The first-order chi connectivity index (χ1) is 8.20. The topological polar surface area (TPSA) is 55.8 Å². The van der Waals surface area contributed by atoms with Gasteiger partial charge in [0.25, 0.3) is 11.8 Å². The molecule has 0 unspecified atom stereocenters. The van der Waals surface area contributed by atoms with Crippen molar-refractivity contribution in [2.45, 2.75) is 4.90 Å². The molecule has 0 spiro atoms. The van der Waals surface area contributed by atoms with Crippen molar-refractivity contribution in [1.29, 1.82) is 0 Å². The molecule has 2 rings (SSSR count). The van der Waals surface area contributed by atoms with E-state index in [0.717, 1.165) is 26.9 Å². The molecule has 1 heterocycles. The van der Waals surface area contributed by atoms with Crippen molar-refractivity contribution in [3.63, 3.8) is 0 Å². The monoisotopic (exact) mass is 253 g/mol. The zero-order valence-corrected chi connectivity index (χ0v) is 10.0. The zero-order valence-electron chi connectivity index (χ0n) is 9.21. The summed E-state index contributed by atoms with van der Waals surface area (Å²) >= 11 is 1.10. The Morgan fingerprint density at radius 2 is 1.76 bits per heavy atom. The van der Waals surface area contributed by atoms with E-state index in [-0.39, 0.29) is 25.0 Å². The first-order valence-electron chi connectivity index (χ1n) is 4.96. The van der Waals surface area contributed by atoms with Gasteiger partial charge in [0.2, 0.25) is 0 Å². The van der Waals surface area contributed by atoms with E-state index in [4.69, 9.17) is 9.47 Å². The summed E-state index contributed by atoms with van der Waals surface area (Å²) in [5.74, 6) is 0.0677. The lowest BCUT2D eigenvalue weighted by molar-refractivity contribution is -0.150. The lowest BCUT2D eigenvalue weighted by Gasteiger charge is -2.23. The number of benzene rings is 1. The molecule has 1 aromatic rings. The molecule has 0 N–H and O–H groups in total. The molecule has 0 bridgehead atoms. The summed E-state index contributed by atoms with van der Waals surface area (Å²) in [5.41, 5.74) is 0. The van der Waals surface area contributed by atoms with Gasteiger partial charge in [0.15, 0.2) is 0 Å². The number of amides is 2. The summed E-state index contributed by atoms with van der Waals surface area (Å²) in [7, 11) is 1.58. The smallest absolute Gasteiger partial charge is 0.265 e. The SMILES string of the molecule is COc1ccc(SN2C(=O)COCC2=O)cc1. The maximum absolute atomic E-state index is 11.5. The van der Waals surface area contributed by atoms with Gasteiger partial charge in [-0.2, -0.15) is 0 Å². The fourth-order valence-corrected chi connectivity index (χ4v) is 2.10. The van der Waals surface area contributed by atoms with Crippen molar-refractivity contribution in [1.82, 2.24) is 4.31 Å². The van der Waals surface area contributed by atoms with Crippen LogP contribution in [0, 0.1) is 0 Å². The molecule has 1 aliphatic heterocycles. The van der Waals surface area contributed by atoms with E-state index in [1.165, 1.54) is 0 Å². The van der Waals surface area contributed by atoms with Crippen LogP contribution in [-0.2, 0) is 14.3 Å². The lowest BCUT2D eigenvalue weighted by Crippen LogP contribution is -2.41. The summed E-state index contributed by atoms with van der Waals surface area (Å²) in [6.07, 6.45) is 0. The predicted molar refractivity (Wildman–Crippen MR) is 61.5 cm³/mol. The van der Waals surface area contributed by atoms with Gasteiger partial charge < -0.3 is 9.47 Å². The van der Waals surface area contributed by atoms with Gasteiger partial charge in [0.1, 0.15) is 19.0 Å². The number of carbonyl (C=O) groups excluding carboxylic acids is 2. The van der Waals surface area contributed by atoms with Gasteiger partial charge in [-0.3, -0.25) is 9.59 Å². The molecule has 17 heavy (non-hydrogen) atoms. The maximum atomic E-state index is 11.5. The summed E-state index contributed by atoms with van der Waals surface area (Å²) in [5, 5.41) is 0. The molecule has 0 aliphatic carbocycles. The minimum Gasteiger partial charge on any atom is -0.497 e. The van der Waals surface area contributed by atoms with E-state index in [9.17, 15) is 9.59 Å². The molecule has 1 aromatic carbocycles. The molecule has 0 aromatic heterocycles. The van der Waals surface area contributed by atoms with Crippen molar-refractivity contribution < 1.29 is 19.1 Å². The third-order valence-corrected chi connectivity index (χ3v) is 3.23. The summed E-state index contributed by atoms with van der Waals surface area (Å²) in [6, 6.07) is 7.13. The highest BCUT2D eigenvalue weighted by Crippen LogP contribution is 2.26. The molecule has 1 saturated heterocycles. The highest BCUT2D eigenvalue weighted by molar-refractivity contribution is 7.98. The van der Waals surface area contributed by atoms with Crippen LogP contribution in [0.1, 0.15) is 0 Å². The second kappa shape index (κ2) is 5.20. The van der Waals surface area contributed by atoms with Gasteiger partial charge in [0, 0.05) is 4.90 Å². The van der Waals surface area contributed by atoms with Crippen LogP contribution in [0.15, 0.2) is 29.2 Å². The Kier molecular flexibility index (Phi) is 3.65. The molecule has 0 atom stereocenters. The van der Waals surface area contributed by atoms with E-state index in [2.05, 4.69) is 0 Å². The van der Waals surface area contributed by atoms with Crippen LogP contribution < -0.4 is 4.74 Å². The number of carbonyl (C=O) groups is 2. The third-order valence-electron chi connectivity index (χ3n) is 2.16. The standard InChI is InChI=1S/C11H11NO4S/c1-15-8-2-4-9(5-3-8)17-12-10(13)6-16-7-11(12)14/h2-5H,6-7H2,1H3. The number of hydrogen-bond donors (Lipinski definition) is 0. The molecule has 5 nitrogen and oxygen atoms in total. The van der Waals surface area contributed by atoms with Gasteiger partial charge in [-0.1, -0.05) is 0 Å². The van der Waals surface area contributed by atoms with Crippen LogP contribution >= 0.6 is 11.9 Å². The van der Waals surface area contributed by atoms with E-state index < -0.39 is 0 Å². The van der Waals surface area contributed by atoms with Crippen molar-refractivity contribution >= 4 is 23.8 Å². The molecule has 2 amide bonds. The van der Waals surface area contributed by atoms with Crippen LogP contribution in [0.25, 0.3) is 0 Å². The molecule has 6 heteroatoms. The second-order valence-corrected chi connectivity index (χ2v) is 4.36. The average molecular weight is 253 g/mol. The molecule has 1 fully saturated rings. The Labute approximate surface area is 103 Å². The Balaban J connectivity index is 2.08. The third kappa shape index (κ3) is 2.78. The number of rotatable bonds is 3. The van der Waals surface area contributed by atoms with Crippen molar-refractivity contribution in [3.05, 3.63) is 24.3 Å². The molecule has 1 aliphatic rings. The van der Waals surface area contributed by atoms with Gasteiger partial charge in [-0.25, -0.2) is 4.31 Å². The highest BCUT2D eigenvalue weighted by Gasteiger charge is 2.27. The lowest BCUT2D eigenvalue weighted by atomic mass is 10.3. The molecule has 0 saturated carbocycles. The first-order valence-corrected chi connectivity index (χ1v) is 5.73. The first kappa shape index (κ1) is 11.9. The quantitative estimate of drug-likeness (QED) is 0.596. The van der Waals surface area contributed by atoms with Crippen LogP contribution in [0.4, 0.5) is 0 Å². The normalized spacial score (nSPS) is 16.2. The van der Waals surface area contributed by atoms with E-state index >= 15 is 0 Å². The maximum Gasteiger partial charge on any atom is 0.265 e. The molecule has 0 radical (unpaired) electrons. The van der Waals surface area contributed by atoms with Gasteiger partial charge in [-0.05, 0) is 36.2 Å². The van der Waals surface area contributed by atoms with E-state index in [1.54, 1.807) is 31.4 Å². The van der Waals surface area contributed by atoms with Crippen LogP contribution in [-0.4, -0.2) is 36.4 Å². The Bertz CT molecular complexity index is 416. The second-order valence-electron chi connectivity index (χ2n) is 3.34. The minimum absolute atomic E-state index is 0.0467. The molecular formula is C11H11NO4S. The van der Waals surface area contributed by atoms with Gasteiger partial charge >= 0.3 is 0 Å². The van der Waals surface area contributed by atoms with Crippen molar-refractivity contribution in [3.8, 4) is 5.75 Å². The minimum atomic E-state index is -0.331. The highest BCUT2D eigenvalue weighted by atomic mass is 32.2. The zero-order chi connectivity index (χ0) is 12.3. The summed E-state index contributed by atoms with van der Waals surface area (Å²) < 4.78 is 11.0. The number of hydrogen-bond acceptors (Lipinski definition) is 5. The summed E-state index contributed by atoms with van der Waals surface area (Å²) in [4.78, 5) is 23.7. The molecular weight excluding hydrogens is 242 g/mol. The van der Waals surface area contributed by atoms with E-state index in [0.29, 0.717) is 0 Å². The number of ether oxygens (including phenoxy) is 2. The van der Waals surface area contributed by atoms with E-state index in [1.807, 2.05) is 0 Å². The van der Waals surface area contributed by atoms with Gasteiger partial charge in [-0.15, -0.1) is 0 Å². The number of methoxy groups -OCH3 is 1. The Morgan fingerprint density at radius 1 is 1.18 bits per heavy atom. The number of morpholine rings is 1. The Morgan fingerprint density at radius 3 is 2.29 bits per heavy atom. The summed E-state index contributed by atoms with van der Waals surface area (Å²) in [6.45, 7) is -0.0935. The van der Waals surface area contributed by atoms with Crippen molar-refractivity contribution in [2.24, 2.45) is 0 Å². The van der Waals surface area contributed by atoms with Crippen LogP contribution in [0.5, 0.6) is 5.75 Å². The largest absolute Gasteiger partial charge is 0.497 e. The number of imide groups is 1. The number of nitrogens with zero attached hydrogens (tertiary/aromatic N) is 1. The molecule has 90 valence electrons. The fraction of sp³-hybridized carbons (Fsp3) is 0.273. The predicted octanol–water partition coefficient (Wildman–Crippen LogP) is 1.09. The fourth-order valence-electron chi connectivity index (χ4n) is 1.33. The van der Waals surface area contributed by atoms with Crippen molar-refractivity contribution in [2.75, 3.05) is 20.3 Å². The average Bonchev–Trinajstić information content (AvgIpc) is 2.35.